The summed E-state index contributed by atoms with van der Waals surface area (Å²) in [7, 11) is -3.59. The lowest BCUT2D eigenvalue weighted by Crippen LogP contribution is -2.29. The maximum atomic E-state index is 13.3. The fraction of sp³-hybridized carbons (Fsp3) is 0.368. The zero-order valence-electron chi connectivity index (χ0n) is 14.4. The molecule has 2 aromatic rings. The average Bonchev–Trinajstić information content (AvgIpc) is 3.31. The first-order valence-corrected chi connectivity index (χ1v) is 10.7. The molecule has 0 saturated heterocycles. The molecule has 0 radical (unpaired) electrons. The Morgan fingerprint density at radius 1 is 1.04 bits per heavy atom. The van der Waals surface area contributed by atoms with Crippen LogP contribution in [0.5, 0.6) is 0 Å². The van der Waals surface area contributed by atoms with Gasteiger partial charge in [-0.2, -0.15) is 0 Å². The molecule has 7 heteroatoms. The molecule has 140 valence electrons. The molecule has 3 rings (SSSR count). The first kappa shape index (κ1) is 19.6. The minimum atomic E-state index is -3.59. The van der Waals surface area contributed by atoms with Crippen molar-refractivity contribution in [1.82, 2.24) is 0 Å². The van der Waals surface area contributed by atoms with Crippen LogP contribution in [0.15, 0.2) is 53.4 Å². The van der Waals surface area contributed by atoms with Crippen molar-refractivity contribution in [3.05, 3.63) is 64.1 Å². The van der Waals surface area contributed by atoms with Gasteiger partial charge in [0.15, 0.2) is 9.84 Å². The summed E-state index contributed by atoms with van der Waals surface area (Å²) in [5.74, 6) is -0.239. The molecule has 1 aliphatic rings. The highest BCUT2D eigenvalue weighted by Gasteiger charge is 2.70. The lowest BCUT2D eigenvalue weighted by atomic mass is 10.00. The van der Waals surface area contributed by atoms with Crippen molar-refractivity contribution in [2.24, 2.45) is 11.1 Å². The van der Waals surface area contributed by atoms with Crippen LogP contribution >= 0.6 is 23.2 Å². The van der Waals surface area contributed by atoms with Crippen LogP contribution in [0.1, 0.15) is 18.4 Å². The highest BCUT2D eigenvalue weighted by atomic mass is 35.5. The van der Waals surface area contributed by atoms with Crippen LogP contribution in [-0.2, 0) is 14.6 Å². The van der Waals surface area contributed by atoms with E-state index in [0.717, 1.165) is 5.56 Å². The van der Waals surface area contributed by atoms with Gasteiger partial charge in [-0.3, -0.25) is 0 Å². The number of benzene rings is 2. The van der Waals surface area contributed by atoms with E-state index in [0.29, 0.717) is 23.3 Å². The third-order valence-electron chi connectivity index (χ3n) is 5.04. The molecule has 0 bridgehead atoms. The molecule has 4 nitrogen and oxygen atoms in total. The molecular formula is C19H21Cl2NO3S. The van der Waals surface area contributed by atoms with Crippen LogP contribution in [0.2, 0.25) is 10.0 Å². The van der Waals surface area contributed by atoms with Crippen molar-refractivity contribution in [2.75, 3.05) is 19.8 Å². The number of nitrogens with two attached hydrogens (primary N) is 1. The van der Waals surface area contributed by atoms with Crippen LogP contribution in [0.4, 0.5) is 0 Å². The second kappa shape index (κ2) is 7.49. The van der Waals surface area contributed by atoms with Gasteiger partial charge in [-0.05, 0) is 48.9 Å². The Morgan fingerprint density at radius 2 is 1.58 bits per heavy atom. The Balaban J connectivity index is 2.03. The molecule has 0 amide bonds. The second-order valence-electron chi connectivity index (χ2n) is 6.52. The molecule has 3 atom stereocenters. The van der Waals surface area contributed by atoms with Crippen LogP contribution in [-0.4, -0.2) is 33.4 Å². The predicted molar refractivity (Wildman–Crippen MR) is 105 cm³/mol. The summed E-state index contributed by atoms with van der Waals surface area (Å²) >= 11 is 11.9. The van der Waals surface area contributed by atoms with Crippen molar-refractivity contribution in [3.63, 3.8) is 0 Å². The summed E-state index contributed by atoms with van der Waals surface area (Å²) < 4.78 is 32.2. The largest absolute Gasteiger partial charge is 0.381 e. The Kier molecular flexibility index (Phi) is 5.66. The van der Waals surface area contributed by atoms with E-state index in [1.807, 2.05) is 19.1 Å². The van der Waals surface area contributed by atoms with Crippen molar-refractivity contribution in [3.8, 4) is 0 Å². The summed E-state index contributed by atoms with van der Waals surface area (Å²) in [5.41, 5.74) is 6.32. The maximum absolute atomic E-state index is 13.3. The van der Waals surface area contributed by atoms with Gasteiger partial charge in [-0.1, -0.05) is 35.3 Å². The monoisotopic (exact) mass is 413 g/mol. The molecule has 2 N–H and O–H groups in total. The van der Waals surface area contributed by atoms with Crippen LogP contribution in [0.3, 0.4) is 0 Å². The number of hydrogen-bond acceptors (Lipinski definition) is 4. The molecule has 0 spiro atoms. The number of rotatable bonds is 7. The van der Waals surface area contributed by atoms with E-state index in [4.69, 9.17) is 33.7 Å². The minimum absolute atomic E-state index is 0.220. The Bertz CT molecular complexity index is 869. The van der Waals surface area contributed by atoms with Gasteiger partial charge in [0.05, 0.1) is 16.8 Å². The molecule has 26 heavy (non-hydrogen) atoms. The molecule has 1 fully saturated rings. The molecule has 0 aliphatic heterocycles. The van der Waals surface area contributed by atoms with Gasteiger partial charge >= 0.3 is 0 Å². The molecule has 0 heterocycles. The summed E-state index contributed by atoms with van der Waals surface area (Å²) in [6.45, 7) is 2.90. The first-order chi connectivity index (χ1) is 12.4. The van der Waals surface area contributed by atoms with Crippen molar-refractivity contribution in [2.45, 2.75) is 23.0 Å². The fourth-order valence-electron chi connectivity index (χ4n) is 3.66. The van der Waals surface area contributed by atoms with E-state index < -0.39 is 20.5 Å². The topological polar surface area (TPSA) is 69.4 Å². The van der Waals surface area contributed by atoms with Crippen molar-refractivity contribution in [1.29, 1.82) is 0 Å². The standard InChI is InChI=1S/C19H21Cl2NO3S/c1-2-25-12-19(11-22)17(13-3-5-14(20)6-4-13)18(19)26(23,24)16-9-7-15(21)8-10-16/h3-10,17-18H,2,11-12,22H2,1H3. The zero-order chi connectivity index (χ0) is 18.9. The number of sulfone groups is 1. The predicted octanol–water partition coefficient (Wildman–Crippen LogP) is 3.91. The Labute approximate surface area is 164 Å². The van der Waals surface area contributed by atoms with E-state index in [1.165, 1.54) is 12.1 Å². The Morgan fingerprint density at radius 3 is 2.08 bits per heavy atom. The highest BCUT2D eigenvalue weighted by Crippen LogP contribution is 2.63. The lowest BCUT2D eigenvalue weighted by Gasteiger charge is -2.16. The van der Waals surface area contributed by atoms with E-state index in [-0.39, 0.29) is 17.4 Å². The minimum Gasteiger partial charge on any atom is -0.381 e. The molecule has 2 aromatic carbocycles. The van der Waals surface area contributed by atoms with Crippen molar-refractivity contribution < 1.29 is 13.2 Å². The zero-order valence-corrected chi connectivity index (χ0v) is 16.7. The summed E-state index contributed by atoms with van der Waals surface area (Å²) in [4.78, 5) is 0.248. The summed E-state index contributed by atoms with van der Waals surface area (Å²) in [6.07, 6.45) is 0. The normalized spacial score (nSPS) is 25.2. The average molecular weight is 414 g/mol. The number of ether oxygens (including phenoxy) is 1. The highest BCUT2D eigenvalue weighted by molar-refractivity contribution is 7.92. The van der Waals surface area contributed by atoms with Gasteiger partial charge in [0.2, 0.25) is 0 Å². The molecular weight excluding hydrogens is 393 g/mol. The molecule has 0 aromatic heterocycles. The van der Waals surface area contributed by atoms with E-state index in [1.54, 1.807) is 24.3 Å². The summed E-state index contributed by atoms with van der Waals surface area (Å²) in [6, 6.07) is 13.5. The molecule has 3 unspecified atom stereocenters. The molecule has 1 aliphatic carbocycles. The van der Waals surface area contributed by atoms with Crippen LogP contribution < -0.4 is 5.73 Å². The lowest BCUT2D eigenvalue weighted by molar-refractivity contribution is 0.101. The van der Waals surface area contributed by atoms with Crippen molar-refractivity contribution >= 4 is 33.0 Å². The van der Waals surface area contributed by atoms with Gasteiger partial charge in [-0.15, -0.1) is 0 Å². The maximum Gasteiger partial charge on any atom is 0.182 e. The third-order valence-corrected chi connectivity index (χ3v) is 7.88. The quantitative estimate of drug-likeness (QED) is 0.746. The smallest absolute Gasteiger partial charge is 0.182 e. The second-order valence-corrected chi connectivity index (χ2v) is 9.47. The van der Waals surface area contributed by atoms with Gasteiger partial charge in [0.1, 0.15) is 0 Å². The summed E-state index contributed by atoms with van der Waals surface area (Å²) in [5, 5.41) is 0.456. The van der Waals surface area contributed by atoms with Gasteiger partial charge < -0.3 is 10.5 Å². The fourth-order valence-corrected chi connectivity index (χ4v) is 6.35. The number of halogens is 2. The van der Waals surface area contributed by atoms with E-state index in [9.17, 15) is 8.42 Å². The van der Waals surface area contributed by atoms with Gasteiger partial charge in [0.25, 0.3) is 0 Å². The SMILES string of the molecule is CCOCC1(CN)C(c2ccc(Cl)cc2)C1S(=O)(=O)c1ccc(Cl)cc1. The first-order valence-electron chi connectivity index (χ1n) is 8.39. The van der Waals surface area contributed by atoms with E-state index >= 15 is 0 Å². The third kappa shape index (κ3) is 3.39. The number of hydrogen-bond donors (Lipinski definition) is 1. The molecule has 1 saturated carbocycles. The van der Waals surface area contributed by atoms with Gasteiger partial charge in [-0.25, -0.2) is 8.42 Å². The van der Waals surface area contributed by atoms with Gasteiger partial charge in [0, 0.05) is 34.5 Å². The van der Waals surface area contributed by atoms with E-state index in [2.05, 4.69) is 0 Å². The Hall–Kier alpha value is -1.11. The van der Waals surface area contributed by atoms with Crippen LogP contribution in [0.25, 0.3) is 0 Å². The van der Waals surface area contributed by atoms with Crippen LogP contribution in [0, 0.1) is 5.41 Å².